The van der Waals surface area contributed by atoms with Crippen LogP contribution >= 0.6 is 24.0 Å². The molecule has 1 unspecified atom stereocenters. The van der Waals surface area contributed by atoms with Crippen molar-refractivity contribution in [1.82, 2.24) is 10.2 Å². The van der Waals surface area contributed by atoms with Crippen LogP contribution in [0, 0.1) is 5.82 Å². The number of amides is 1. The third-order valence-electron chi connectivity index (χ3n) is 5.43. The number of guanidine groups is 1. The number of halogens is 2. The molecule has 0 spiro atoms. The molecular formula is C23H31FIN5O. The van der Waals surface area contributed by atoms with Gasteiger partial charge in [-0.05, 0) is 55.3 Å². The third-order valence-corrected chi connectivity index (χ3v) is 5.43. The standard InChI is InChI=1S/C23H30FN5O.HI/c1-3-17(2)27-22(30)19-6-4-18(5-7-19)16-26-23(25)29-14-12-28(13-15-29)21-10-8-20(24)9-11-21;/h4-11,17H,3,12-16H2,1-2H3,(H2,25,26)(H,27,30);1H. The lowest BCUT2D eigenvalue weighted by atomic mass is 10.1. The molecule has 2 aromatic rings. The van der Waals surface area contributed by atoms with Gasteiger partial charge in [-0.15, -0.1) is 24.0 Å². The normalized spacial score (nSPS) is 15.3. The minimum atomic E-state index is -0.224. The monoisotopic (exact) mass is 539 g/mol. The van der Waals surface area contributed by atoms with Crippen LogP contribution in [-0.2, 0) is 6.54 Å². The highest BCUT2D eigenvalue weighted by Crippen LogP contribution is 2.17. The zero-order chi connectivity index (χ0) is 21.5. The Morgan fingerprint density at radius 2 is 1.71 bits per heavy atom. The molecule has 1 fully saturated rings. The molecule has 2 aromatic carbocycles. The number of carbonyl (C=O) groups excluding carboxylic acids is 1. The van der Waals surface area contributed by atoms with E-state index < -0.39 is 0 Å². The molecule has 1 aliphatic rings. The highest BCUT2D eigenvalue weighted by molar-refractivity contribution is 14.0. The second kappa shape index (κ2) is 11.9. The molecule has 1 aliphatic heterocycles. The maximum atomic E-state index is 13.1. The van der Waals surface area contributed by atoms with Crippen LogP contribution < -0.4 is 16.0 Å². The van der Waals surface area contributed by atoms with Crippen LogP contribution in [0.5, 0.6) is 0 Å². The summed E-state index contributed by atoms with van der Waals surface area (Å²) in [6.45, 7) is 7.65. The number of nitrogens with two attached hydrogens (primary N) is 1. The predicted molar refractivity (Wildman–Crippen MR) is 135 cm³/mol. The van der Waals surface area contributed by atoms with Crippen molar-refractivity contribution in [2.24, 2.45) is 10.7 Å². The van der Waals surface area contributed by atoms with E-state index >= 15 is 0 Å². The zero-order valence-corrected chi connectivity index (χ0v) is 20.4. The van der Waals surface area contributed by atoms with Crippen molar-refractivity contribution >= 4 is 41.5 Å². The van der Waals surface area contributed by atoms with E-state index in [-0.39, 0.29) is 41.7 Å². The number of carbonyl (C=O) groups is 1. The number of aliphatic imine (C=N–C) groups is 1. The predicted octanol–water partition coefficient (Wildman–Crippen LogP) is 3.61. The number of nitrogens with zero attached hydrogens (tertiary/aromatic N) is 3. The Balaban J connectivity index is 0.00000341. The third kappa shape index (κ3) is 7.09. The second-order valence-corrected chi connectivity index (χ2v) is 7.60. The van der Waals surface area contributed by atoms with E-state index in [2.05, 4.69) is 20.1 Å². The Labute approximate surface area is 200 Å². The minimum Gasteiger partial charge on any atom is -0.370 e. The van der Waals surface area contributed by atoms with Gasteiger partial charge < -0.3 is 20.9 Å². The van der Waals surface area contributed by atoms with Crippen LogP contribution in [0.1, 0.15) is 36.2 Å². The molecule has 1 saturated heterocycles. The maximum Gasteiger partial charge on any atom is 0.251 e. The molecule has 31 heavy (non-hydrogen) atoms. The van der Waals surface area contributed by atoms with Crippen LogP contribution in [-0.4, -0.2) is 49.0 Å². The van der Waals surface area contributed by atoms with E-state index in [0.717, 1.165) is 43.9 Å². The lowest BCUT2D eigenvalue weighted by Gasteiger charge is -2.36. The molecule has 8 heteroatoms. The number of nitrogens with one attached hydrogen (secondary N) is 1. The first-order chi connectivity index (χ1) is 14.5. The van der Waals surface area contributed by atoms with Crippen molar-refractivity contribution in [3.8, 4) is 0 Å². The average Bonchev–Trinajstić information content (AvgIpc) is 2.78. The topological polar surface area (TPSA) is 74.0 Å². The molecule has 3 rings (SSSR count). The van der Waals surface area contributed by atoms with Gasteiger partial charge in [0.25, 0.3) is 5.91 Å². The van der Waals surface area contributed by atoms with Gasteiger partial charge in [0.2, 0.25) is 0 Å². The van der Waals surface area contributed by atoms with E-state index in [1.54, 1.807) is 12.1 Å². The molecule has 3 N–H and O–H groups in total. The van der Waals surface area contributed by atoms with Gasteiger partial charge in [-0.2, -0.15) is 0 Å². The summed E-state index contributed by atoms with van der Waals surface area (Å²) in [4.78, 5) is 20.9. The highest BCUT2D eigenvalue weighted by Gasteiger charge is 2.18. The van der Waals surface area contributed by atoms with Crippen molar-refractivity contribution in [3.05, 3.63) is 65.5 Å². The van der Waals surface area contributed by atoms with Crippen molar-refractivity contribution in [3.63, 3.8) is 0 Å². The summed E-state index contributed by atoms with van der Waals surface area (Å²) >= 11 is 0. The van der Waals surface area contributed by atoms with E-state index in [0.29, 0.717) is 18.1 Å². The summed E-state index contributed by atoms with van der Waals surface area (Å²) in [5.41, 5.74) is 8.86. The molecule has 6 nitrogen and oxygen atoms in total. The number of piperazine rings is 1. The average molecular weight is 539 g/mol. The van der Waals surface area contributed by atoms with Crippen LogP contribution in [0.3, 0.4) is 0 Å². The van der Waals surface area contributed by atoms with Crippen LogP contribution in [0.15, 0.2) is 53.5 Å². The zero-order valence-electron chi connectivity index (χ0n) is 18.1. The number of hydrogen-bond acceptors (Lipinski definition) is 3. The van der Waals surface area contributed by atoms with Gasteiger partial charge in [-0.25, -0.2) is 9.38 Å². The molecule has 0 bridgehead atoms. The summed E-state index contributed by atoms with van der Waals surface area (Å²) < 4.78 is 13.1. The lowest BCUT2D eigenvalue weighted by Crippen LogP contribution is -2.51. The number of anilines is 1. The van der Waals surface area contributed by atoms with Gasteiger partial charge in [0.05, 0.1) is 6.54 Å². The fraction of sp³-hybridized carbons (Fsp3) is 0.391. The minimum absolute atomic E-state index is 0. The van der Waals surface area contributed by atoms with Crippen molar-refractivity contribution in [2.45, 2.75) is 32.9 Å². The van der Waals surface area contributed by atoms with Crippen LogP contribution in [0.4, 0.5) is 10.1 Å². The Hall–Kier alpha value is -2.36. The summed E-state index contributed by atoms with van der Waals surface area (Å²) in [6, 6.07) is 14.2. The molecule has 1 amide bonds. The van der Waals surface area contributed by atoms with Crippen molar-refractivity contribution in [2.75, 3.05) is 31.1 Å². The van der Waals surface area contributed by atoms with Crippen LogP contribution in [0.2, 0.25) is 0 Å². The van der Waals surface area contributed by atoms with Gasteiger partial charge in [-0.3, -0.25) is 4.79 Å². The number of hydrogen-bond donors (Lipinski definition) is 2. The van der Waals surface area contributed by atoms with Gasteiger partial charge in [0, 0.05) is 43.5 Å². The fourth-order valence-corrected chi connectivity index (χ4v) is 3.29. The summed E-state index contributed by atoms with van der Waals surface area (Å²) in [7, 11) is 0. The van der Waals surface area contributed by atoms with Gasteiger partial charge in [0.15, 0.2) is 5.96 Å². The summed E-state index contributed by atoms with van der Waals surface area (Å²) in [6.07, 6.45) is 0.899. The molecule has 168 valence electrons. The van der Waals surface area contributed by atoms with Crippen molar-refractivity contribution < 1.29 is 9.18 Å². The summed E-state index contributed by atoms with van der Waals surface area (Å²) in [5.74, 6) is 0.239. The van der Waals surface area contributed by atoms with Gasteiger partial charge in [0.1, 0.15) is 5.82 Å². The molecule has 0 aliphatic carbocycles. The largest absolute Gasteiger partial charge is 0.370 e. The van der Waals surface area contributed by atoms with E-state index in [4.69, 9.17) is 5.73 Å². The molecule has 1 atom stereocenters. The molecule has 0 radical (unpaired) electrons. The van der Waals surface area contributed by atoms with Gasteiger partial charge in [-0.1, -0.05) is 19.1 Å². The fourth-order valence-electron chi connectivity index (χ4n) is 3.29. The molecule has 1 heterocycles. The molecule has 0 saturated carbocycles. The Bertz CT molecular complexity index is 865. The first kappa shape index (κ1) is 24.9. The van der Waals surface area contributed by atoms with Gasteiger partial charge >= 0.3 is 0 Å². The first-order valence-electron chi connectivity index (χ1n) is 10.4. The van der Waals surface area contributed by atoms with E-state index in [1.165, 1.54) is 12.1 Å². The second-order valence-electron chi connectivity index (χ2n) is 7.60. The number of rotatable bonds is 6. The van der Waals surface area contributed by atoms with Crippen molar-refractivity contribution in [1.29, 1.82) is 0 Å². The van der Waals surface area contributed by atoms with E-state index in [1.807, 2.05) is 38.1 Å². The Morgan fingerprint density at radius 1 is 1.10 bits per heavy atom. The number of benzene rings is 2. The first-order valence-corrected chi connectivity index (χ1v) is 10.4. The maximum absolute atomic E-state index is 13.1. The lowest BCUT2D eigenvalue weighted by molar-refractivity contribution is 0.0939. The SMILES string of the molecule is CCC(C)NC(=O)c1ccc(CN=C(N)N2CCN(c3ccc(F)cc3)CC2)cc1.I. The quantitative estimate of drug-likeness (QED) is 0.334. The highest BCUT2D eigenvalue weighted by atomic mass is 127. The smallest absolute Gasteiger partial charge is 0.251 e. The molecule has 0 aromatic heterocycles. The summed E-state index contributed by atoms with van der Waals surface area (Å²) in [5, 5.41) is 2.96. The van der Waals surface area contributed by atoms with E-state index in [9.17, 15) is 9.18 Å². The Kier molecular flexibility index (Phi) is 9.54. The Morgan fingerprint density at radius 3 is 2.29 bits per heavy atom. The molecular weight excluding hydrogens is 508 g/mol. The van der Waals surface area contributed by atoms with Crippen LogP contribution in [0.25, 0.3) is 0 Å².